The molecule has 0 bridgehead atoms. The van der Waals surface area contributed by atoms with Gasteiger partial charge in [0.1, 0.15) is 10.8 Å². The summed E-state index contributed by atoms with van der Waals surface area (Å²) >= 11 is 1.46. The molecule has 0 fully saturated rings. The van der Waals surface area contributed by atoms with Gasteiger partial charge in [-0.25, -0.2) is 0 Å². The number of carbonyl (C=O) groups is 2. The topological polar surface area (TPSA) is 81.4 Å². The Labute approximate surface area is 144 Å². The van der Waals surface area contributed by atoms with Gasteiger partial charge in [-0.3, -0.25) is 9.59 Å². The number of hydrogen-bond acceptors (Lipinski definition) is 4. The molecule has 1 aliphatic carbocycles. The highest BCUT2D eigenvalue weighted by molar-refractivity contribution is 7.17. The maximum absolute atomic E-state index is 12.5. The summed E-state index contributed by atoms with van der Waals surface area (Å²) in [5.41, 5.74) is 7.53. The third-order valence-corrected chi connectivity index (χ3v) is 5.49. The zero-order valence-corrected chi connectivity index (χ0v) is 14.5. The number of hydrogen-bond donors (Lipinski definition) is 2. The first-order valence-electron chi connectivity index (χ1n) is 7.89. The van der Waals surface area contributed by atoms with Crippen molar-refractivity contribution in [2.75, 3.05) is 12.4 Å². The van der Waals surface area contributed by atoms with Crippen LogP contribution in [0.4, 0.5) is 5.00 Å². The van der Waals surface area contributed by atoms with Crippen molar-refractivity contribution in [3.63, 3.8) is 0 Å². The molecule has 2 aromatic rings. The molecule has 0 aliphatic heterocycles. The summed E-state index contributed by atoms with van der Waals surface area (Å²) in [6, 6.07) is 6.90. The molecule has 1 heterocycles. The molecule has 2 amide bonds. The van der Waals surface area contributed by atoms with Crippen LogP contribution in [-0.2, 0) is 12.8 Å². The highest BCUT2D eigenvalue weighted by Crippen LogP contribution is 2.39. The highest BCUT2D eigenvalue weighted by atomic mass is 32.1. The van der Waals surface area contributed by atoms with Crippen molar-refractivity contribution in [1.82, 2.24) is 0 Å². The van der Waals surface area contributed by atoms with Gasteiger partial charge in [0.15, 0.2) is 0 Å². The summed E-state index contributed by atoms with van der Waals surface area (Å²) in [7, 11) is 1.55. The lowest BCUT2D eigenvalue weighted by Crippen LogP contribution is -2.19. The Bertz CT molecular complexity index is 798. The average molecular weight is 344 g/mol. The summed E-state index contributed by atoms with van der Waals surface area (Å²) in [6.07, 6.45) is 2.79. The average Bonchev–Trinajstić information content (AvgIpc) is 2.91. The molecule has 0 saturated heterocycles. The van der Waals surface area contributed by atoms with Crippen molar-refractivity contribution < 1.29 is 14.3 Å². The SMILES string of the molecule is COc1cccc(C(=O)Nc2sc3c(c2C(N)=O)CC[C@H](C)C3)c1. The highest BCUT2D eigenvalue weighted by Gasteiger charge is 2.27. The summed E-state index contributed by atoms with van der Waals surface area (Å²) in [4.78, 5) is 25.6. The van der Waals surface area contributed by atoms with E-state index >= 15 is 0 Å². The van der Waals surface area contributed by atoms with Gasteiger partial charge in [-0.1, -0.05) is 13.0 Å². The lowest BCUT2D eigenvalue weighted by atomic mass is 9.88. The van der Waals surface area contributed by atoms with E-state index in [1.165, 1.54) is 11.3 Å². The fourth-order valence-electron chi connectivity index (χ4n) is 3.04. The zero-order valence-electron chi connectivity index (χ0n) is 13.7. The molecule has 1 aliphatic rings. The van der Waals surface area contributed by atoms with E-state index in [0.717, 1.165) is 29.7 Å². The summed E-state index contributed by atoms with van der Waals surface area (Å²) < 4.78 is 5.14. The van der Waals surface area contributed by atoms with Crippen LogP contribution in [0.15, 0.2) is 24.3 Å². The van der Waals surface area contributed by atoms with E-state index in [2.05, 4.69) is 12.2 Å². The molecule has 0 spiro atoms. The van der Waals surface area contributed by atoms with E-state index in [9.17, 15) is 9.59 Å². The Morgan fingerprint density at radius 3 is 2.88 bits per heavy atom. The molecule has 0 radical (unpaired) electrons. The van der Waals surface area contributed by atoms with Crippen LogP contribution >= 0.6 is 11.3 Å². The van der Waals surface area contributed by atoms with E-state index < -0.39 is 5.91 Å². The van der Waals surface area contributed by atoms with Crippen LogP contribution in [0.5, 0.6) is 5.75 Å². The van der Waals surface area contributed by atoms with Crippen molar-refractivity contribution in [1.29, 1.82) is 0 Å². The predicted molar refractivity (Wildman–Crippen MR) is 95.0 cm³/mol. The first-order valence-corrected chi connectivity index (χ1v) is 8.71. The molecule has 126 valence electrons. The van der Waals surface area contributed by atoms with Gasteiger partial charge in [0.25, 0.3) is 11.8 Å². The molecular weight excluding hydrogens is 324 g/mol. The molecule has 1 aromatic heterocycles. The number of nitrogens with one attached hydrogen (secondary N) is 1. The fraction of sp³-hybridized carbons (Fsp3) is 0.333. The minimum Gasteiger partial charge on any atom is -0.497 e. The van der Waals surface area contributed by atoms with E-state index in [-0.39, 0.29) is 5.91 Å². The van der Waals surface area contributed by atoms with Gasteiger partial charge < -0.3 is 15.8 Å². The lowest BCUT2D eigenvalue weighted by molar-refractivity contribution is 0.1000. The van der Waals surface area contributed by atoms with Crippen LogP contribution < -0.4 is 15.8 Å². The number of benzene rings is 1. The third kappa shape index (κ3) is 3.14. The first-order chi connectivity index (χ1) is 11.5. The number of ether oxygens (including phenoxy) is 1. The second-order valence-corrected chi connectivity index (χ2v) is 7.21. The van der Waals surface area contributed by atoms with Crippen LogP contribution in [0.1, 0.15) is 44.5 Å². The van der Waals surface area contributed by atoms with Crippen LogP contribution in [0.3, 0.4) is 0 Å². The molecule has 3 N–H and O–H groups in total. The largest absolute Gasteiger partial charge is 0.497 e. The van der Waals surface area contributed by atoms with Gasteiger partial charge in [-0.15, -0.1) is 11.3 Å². The Kier molecular flexibility index (Phi) is 4.57. The van der Waals surface area contributed by atoms with Crippen molar-refractivity contribution in [3.8, 4) is 5.75 Å². The van der Waals surface area contributed by atoms with Crippen LogP contribution in [0.25, 0.3) is 0 Å². The summed E-state index contributed by atoms with van der Waals surface area (Å²) in [6.45, 7) is 2.20. The lowest BCUT2D eigenvalue weighted by Gasteiger charge is -2.18. The number of carbonyl (C=O) groups excluding carboxylic acids is 2. The monoisotopic (exact) mass is 344 g/mol. The Morgan fingerprint density at radius 1 is 1.38 bits per heavy atom. The van der Waals surface area contributed by atoms with Crippen LogP contribution in [0, 0.1) is 5.92 Å². The molecule has 3 rings (SSSR count). The summed E-state index contributed by atoms with van der Waals surface area (Å²) in [5.74, 6) is 0.432. The van der Waals surface area contributed by atoms with Crippen molar-refractivity contribution >= 4 is 28.2 Å². The predicted octanol–water partition coefficient (Wildman–Crippen LogP) is 3.23. The van der Waals surface area contributed by atoms with Crippen LogP contribution in [-0.4, -0.2) is 18.9 Å². The van der Waals surface area contributed by atoms with Gasteiger partial charge in [-0.2, -0.15) is 0 Å². The Hall–Kier alpha value is -2.34. The standard InChI is InChI=1S/C18H20N2O3S/c1-10-6-7-13-14(8-10)24-18(15(13)16(19)21)20-17(22)11-4-3-5-12(9-11)23-2/h3-5,9-10H,6-8H2,1-2H3,(H2,19,21)(H,20,22)/t10-/m0/s1. The van der Waals surface area contributed by atoms with Crippen LogP contribution in [0.2, 0.25) is 0 Å². The van der Waals surface area contributed by atoms with E-state index in [1.807, 2.05) is 0 Å². The smallest absolute Gasteiger partial charge is 0.256 e. The molecule has 1 atom stereocenters. The van der Waals surface area contributed by atoms with Gasteiger partial charge in [-0.05, 0) is 48.9 Å². The zero-order chi connectivity index (χ0) is 17.3. The normalized spacial score (nSPS) is 16.3. The minimum absolute atomic E-state index is 0.275. The van der Waals surface area contributed by atoms with Gasteiger partial charge in [0.2, 0.25) is 0 Å². The number of fused-ring (bicyclic) bond motifs is 1. The van der Waals surface area contributed by atoms with E-state index in [0.29, 0.717) is 27.8 Å². The quantitative estimate of drug-likeness (QED) is 0.893. The maximum atomic E-state index is 12.5. The second kappa shape index (κ2) is 6.65. The molecule has 0 unspecified atom stereocenters. The Morgan fingerprint density at radius 2 is 2.17 bits per heavy atom. The molecular formula is C18H20N2O3S. The van der Waals surface area contributed by atoms with Gasteiger partial charge in [0.05, 0.1) is 12.7 Å². The van der Waals surface area contributed by atoms with Crippen molar-refractivity contribution in [3.05, 3.63) is 45.8 Å². The fourth-order valence-corrected chi connectivity index (χ4v) is 4.45. The van der Waals surface area contributed by atoms with Crippen molar-refractivity contribution in [2.45, 2.75) is 26.2 Å². The van der Waals surface area contributed by atoms with Gasteiger partial charge in [0, 0.05) is 10.4 Å². The molecule has 24 heavy (non-hydrogen) atoms. The summed E-state index contributed by atoms with van der Waals surface area (Å²) in [5, 5.41) is 3.41. The number of rotatable bonds is 4. The Balaban J connectivity index is 1.92. The van der Waals surface area contributed by atoms with Crippen molar-refractivity contribution in [2.24, 2.45) is 11.7 Å². The molecule has 6 heteroatoms. The van der Waals surface area contributed by atoms with E-state index in [4.69, 9.17) is 10.5 Å². The molecule has 0 saturated carbocycles. The third-order valence-electron chi connectivity index (χ3n) is 4.32. The number of anilines is 1. The maximum Gasteiger partial charge on any atom is 0.256 e. The number of amides is 2. The first kappa shape index (κ1) is 16.5. The molecule has 5 nitrogen and oxygen atoms in total. The number of primary amides is 1. The number of nitrogens with two attached hydrogens (primary N) is 1. The second-order valence-electron chi connectivity index (χ2n) is 6.11. The van der Waals surface area contributed by atoms with E-state index in [1.54, 1.807) is 31.4 Å². The number of methoxy groups -OCH3 is 1. The minimum atomic E-state index is -0.483. The van der Waals surface area contributed by atoms with Gasteiger partial charge >= 0.3 is 0 Å². The number of thiophene rings is 1. The molecule has 1 aromatic carbocycles.